The van der Waals surface area contributed by atoms with E-state index in [-0.39, 0.29) is 0 Å². The SMILES string of the molecule is Cc1cc(CCc2cc(Br)cnc2C(O)C2CCN(C)CC2)c(C)c(C)c1C. The van der Waals surface area contributed by atoms with Crippen molar-refractivity contribution in [2.75, 3.05) is 20.1 Å². The molecule has 1 atom stereocenters. The van der Waals surface area contributed by atoms with E-state index in [4.69, 9.17) is 0 Å². The normalized spacial score (nSPS) is 17.1. The Morgan fingerprint density at radius 1 is 1.04 bits per heavy atom. The van der Waals surface area contributed by atoms with Crippen molar-refractivity contribution in [2.45, 2.75) is 59.5 Å². The maximum absolute atomic E-state index is 11.1. The van der Waals surface area contributed by atoms with Crippen molar-refractivity contribution in [3.05, 3.63) is 61.9 Å². The van der Waals surface area contributed by atoms with Gasteiger partial charge in [0.2, 0.25) is 0 Å². The summed E-state index contributed by atoms with van der Waals surface area (Å²) in [5, 5.41) is 11.1. The average molecular weight is 445 g/mol. The van der Waals surface area contributed by atoms with Gasteiger partial charge in [-0.15, -0.1) is 0 Å². The molecule has 1 aliphatic rings. The highest BCUT2D eigenvalue weighted by Gasteiger charge is 2.27. The second kappa shape index (κ2) is 9.06. The minimum absolute atomic E-state index is 0.300. The first-order chi connectivity index (χ1) is 13.3. The molecule has 1 aliphatic heterocycles. The van der Waals surface area contributed by atoms with Crippen LogP contribution in [0.25, 0.3) is 0 Å². The molecule has 0 saturated carbocycles. The van der Waals surface area contributed by atoms with Gasteiger partial charge < -0.3 is 10.0 Å². The molecule has 152 valence electrons. The van der Waals surface area contributed by atoms with Crippen LogP contribution < -0.4 is 0 Å². The van der Waals surface area contributed by atoms with Crippen LogP contribution in [0.5, 0.6) is 0 Å². The summed E-state index contributed by atoms with van der Waals surface area (Å²) in [6, 6.07) is 4.47. The molecule has 1 N–H and O–H groups in total. The summed E-state index contributed by atoms with van der Waals surface area (Å²) in [6.07, 6.45) is 5.28. The maximum atomic E-state index is 11.1. The summed E-state index contributed by atoms with van der Waals surface area (Å²) in [5.41, 5.74) is 8.98. The van der Waals surface area contributed by atoms with Gasteiger partial charge in [0.15, 0.2) is 0 Å². The van der Waals surface area contributed by atoms with E-state index in [0.29, 0.717) is 5.92 Å². The molecule has 0 aliphatic carbocycles. The van der Waals surface area contributed by atoms with E-state index in [2.05, 4.69) is 72.7 Å². The molecule has 0 radical (unpaired) electrons. The highest BCUT2D eigenvalue weighted by atomic mass is 79.9. The molecule has 1 aromatic heterocycles. The fourth-order valence-electron chi connectivity index (χ4n) is 4.35. The number of aromatic nitrogens is 1. The van der Waals surface area contributed by atoms with Gasteiger partial charge >= 0.3 is 0 Å². The first kappa shape index (κ1) is 21.5. The second-order valence-corrected chi connectivity index (χ2v) is 9.43. The zero-order valence-corrected chi connectivity index (χ0v) is 19.4. The predicted octanol–water partition coefficient (Wildman–Crippen LogP) is 5.24. The number of aryl methyl sites for hydroxylation is 3. The number of aliphatic hydroxyl groups is 1. The van der Waals surface area contributed by atoms with E-state index in [1.807, 2.05) is 6.20 Å². The van der Waals surface area contributed by atoms with E-state index in [9.17, 15) is 5.11 Å². The Hall–Kier alpha value is -1.23. The van der Waals surface area contributed by atoms with Crippen LogP contribution in [0, 0.1) is 33.6 Å². The van der Waals surface area contributed by atoms with Crippen LogP contribution >= 0.6 is 15.9 Å². The van der Waals surface area contributed by atoms with E-state index in [1.165, 1.54) is 27.8 Å². The third kappa shape index (κ3) is 4.67. The minimum atomic E-state index is -0.473. The molecule has 2 heterocycles. The smallest absolute Gasteiger partial charge is 0.0991 e. The topological polar surface area (TPSA) is 36.4 Å². The number of nitrogens with zero attached hydrogens (tertiary/aromatic N) is 2. The van der Waals surface area contributed by atoms with E-state index >= 15 is 0 Å². The Kier molecular flexibility index (Phi) is 6.95. The third-order valence-electron chi connectivity index (χ3n) is 6.71. The first-order valence-corrected chi connectivity index (χ1v) is 11.1. The Balaban J connectivity index is 1.82. The van der Waals surface area contributed by atoms with Crippen molar-refractivity contribution in [1.29, 1.82) is 0 Å². The summed E-state index contributed by atoms with van der Waals surface area (Å²) in [4.78, 5) is 6.98. The number of pyridine rings is 1. The maximum Gasteiger partial charge on any atom is 0.0991 e. The average Bonchev–Trinajstić information content (AvgIpc) is 2.68. The highest BCUT2D eigenvalue weighted by Crippen LogP contribution is 2.32. The fraction of sp³-hybridized carbons (Fsp3) is 0.542. The monoisotopic (exact) mass is 444 g/mol. The molecule has 1 aromatic carbocycles. The number of hydrogen-bond acceptors (Lipinski definition) is 3. The summed E-state index contributed by atoms with van der Waals surface area (Å²) in [7, 11) is 2.15. The summed E-state index contributed by atoms with van der Waals surface area (Å²) < 4.78 is 0.981. The van der Waals surface area contributed by atoms with Crippen LogP contribution in [0.3, 0.4) is 0 Å². The molecular weight excluding hydrogens is 412 g/mol. The van der Waals surface area contributed by atoms with Gasteiger partial charge in [-0.05, 0) is 135 Å². The van der Waals surface area contributed by atoms with Crippen LogP contribution in [0.4, 0.5) is 0 Å². The predicted molar refractivity (Wildman–Crippen MR) is 120 cm³/mol. The van der Waals surface area contributed by atoms with Crippen molar-refractivity contribution in [1.82, 2.24) is 9.88 Å². The van der Waals surface area contributed by atoms with Crippen LogP contribution in [0.15, 0.2) is 22.8 Å². The zero-order chi connectivity index (χ0) is 20.4. The molecule has 1 unspecified atom stereocenters. The number of piperidine rings is 1. The number of aliphatic hydroxyl groups excluding tert-OH is 1. The van der Waals surface area contributed by atoms with Crippen molar-refractivity contribution >= 4 is 15.9 Å². The molecule has 0 bridgehead atoms. The Morgan fingerprint density at radius 3 is 2.36 bits per heavy atom. The molecule has 4 heteroatoms. The van der Waals surface area contributed by atoms with Crippen LogP contribution in [-0.4, -0.2) is 35.1 Å². The summed E-state index contributed by atoms with van der Waals surface area (Å²) in [5.74, 6) is 0.300. The lowest BCUT2D eigenvalue weighted by Gasteiger charge is -2.32. The van der Waals surface area contributed by atoms with Gasteiger partial charge in [-0.1, -0.05) is 6.07 Å². The van der Waals surface area contributed by atoms with Crippen molar-refractivity contribution in [3.63, 3.8) is 0 Å². The van der Waals surface area contributed by atoms with Crippen molar-refractivity contribution < 1.29 is 5.11 Å². The molecule has 2 aromatic rings. The lowest BCUT2D eigenvalue weighted by molar-refractivity contribution is 0.0619. The van der Waals surface area contributed by atoms with Gasteiger partial charge in [0.05, 0.1) is 11.8 Å². The highest BCUT2D eigenvalue weighted by molar-refractivity contribution is 9.10. The Labute approximate surface area is 178 Å². The fourth-order valence-corrected chi connectivity index (χ4v) is 4.73. The van der Waals surface area contributed by atoms with E-state index in [0.717, 1.165) is 54.5 Å². The van der Waals surface area contributed by atoms with Gasteiger partial charge in [-0.25, -0.2) is 0 Å². The van der Waals surface area contributed by atoms with Gasteiger partial charge in [-0.3, -0.25) is 4.98 Å². The van der Waals surface area contributed by atoms with E-state index in [1.54, 1.807) is 0 Å². The van der Waals surface area contributed by atoms with Gasteiger partial charge in [0.1, 0.15) is 0 Å². The molecular formula is C24H33BrN2O. The number of benzene rings is 1. The summed E-state index contributed by atoms with van der Waals surface area (Å²) >= 11 is 3.57. The second-order valence-electron chi connectivity index (χ2n) is 8.51. The molecule has 3 nitrogen and oxygen atoms in total. The van der Waals surface area contributed by atoms with Gasteiger partial charge in [0.25, 0.3) is 0 Å². The van der Waals surface area contributed by atoms with Crippen molar-refractivity contribution in [2.24, 2.45) is 5.92 Å². The van der Waals surface area contributed by atoms with Gasteiger partial charge in [-0.2, -0.15) is 0 Å². The lowest BCUT2D eigenvalue weighted by atomic mass is 9.86. The van der Waals surface area contributed by atoms with Crippen LogP contribution in [0.2, 0.25) is 0 Å². The Morgan fingerprint density at radius 2 is 1.68 bits per heavy atom. The van der Waals surface area contributed by atoms with E-state index < -0.39 is 6.10 Å². The molecule has 28 heavy (non-hydrogen) atoms. The third-order valence-corrected chi connectivity index (χ3v) is 7.14. The Bertz CT molecular complexity index is 841. The summed E-state index contributed by atoms with van der Waals surface area (Å²) in [6.45, 7) is 10.9. The van der Waals surface area contributed by atoms with Gasteiger partial charge in [0, 0.05) is 10.7 Å². The van der Waals surface area contributed by atoms with Crippen LogP contribution in [-0.2, 0) is 12.8 Å². The largest absolute Gasteiger partial charge is 0.387 e. The zero-order valence-electron chi connectivity index (χ0n) is 17.8. The number of likely N-dealkylation sites (tertiary alicyclic amines) is 1. The molecule has 3 rings (SSSR count). The molecule has 0 amide bonds. The molecule has 1 fully saturated rings. The standard InChI is InChI=1S/C24H33BrN2O/c1-15-12-20(18(4)17(3)16(15)2)6-7-21-13-22(25)14-26-23(21)24(28)19-8-10-27(5)11-9-19/h12-14,19,24,28H,6-11H2,1-5H3. The molecule has 0 spiro atoms. The lowest BCUT2D eigenvalue weighted by Crippen LogP contribution is -2.33. The number of halogens is 1. The first-order valence-electron chi connectivity index (χ1n) is 10.3. The van der Waals surface area contributed by atoms with Crippen molar-refractivity contribution in [3.8, 4) is 0 Å². The quantitative estimate of drug-likeness (QED) is 0.684. The number of hydrogen-bond donors (Lipinski definition) is 1. The molecule has 1 saturated heterocycles. The van der Waals surface area contributed by atoms with Crippen LogP contribution in [0.1, 0.15) is 58.0 Å². The minimum Gasteiger partial charge on any atom is -0.387 e. The number of rotatable bonds is 5.